The molecule has 1 aliphatic rings. The number of hydrazine groups is 1. The molecule has 1 aliphatic heterocycles. The van der Waals surface area contributed by atoms with Crippen LogP contribution in [-0.2, 0) is 9.59 Å². The number of ether oxygens (including phenoxy) is 1. The molecule has 2 aromatic rings. The molecule has 0 bridgehead atoms. The quantitative estimate of drug-likeness (QED) is 0.387. The van der Waals surface area contributed by atoms with Crippen molar-refractivity contribution in [2.45, 2.75) is 13.8 Å². The molecule has 2 amide bonds. The van der Waals surface area contributed by atoms with E-state index in [4.69, 9.17) is 4.74 Å². The van der Waals surface area contributed by atoms with Crippen molar-refractivity contribution in [2.24, 2.45) is 0 Å². The summed E-state index contributed by atoms with van der Waals surface area (Å²) in [7, 11) is 1.33. The van der Waals surface area contributed by atoms with Gasteiger partial charge in [-0.3, -0.25) is 25.1 Å². The average molecular weight is 367 g/mol. The number of benzene rings is 2. The number of hydrogen-bond acceptors (Lipinski definition) is 5. The number of nitrogens with one attached hydrogen (secondary N) is 1. The number of carbonyl (C=O) groups excluding carboxylic acids is 2. The molecule has 8 nitrogen and oxygen atoms in total. The Morgan fingerprint density at radius 2 is 1.85 bits per heavy atom. The third kappa shape index (κ3) is 3.37. The second-order valence-electron chi connectivity index (χ2n) is 6.10. The Labute approximate surface area is 155 Å². The fraction of sp³-hybridized carbons (Fsp3) is 0.158. The van der Waals surface area contributed by atoms with E-state index < -0.39 is 16.7 Å². The third-order valence-corrected chi connectivity index (χ3v) is 4.35. The molecule has 0 unspecified atom stereocenters. The smallest absolute Gasteiger partial charge is 0.311 e. The standard InChI is InChI=1S/C19H17N3O5/c1-11-4-6-14(8-12(11)2)21-19(24)15(18(23)20-21)9-13-5-7-17(27-3)16(10-13)22(25)26/h4-10H,1-3H3,(H,20,23)/b15-9+. The Morgan fingerprint density at radius 1 is 1.11 bits per heavy atom. The summed E-state index contributed by atoms with van der Waals surface area (Å²) in [6, 6.07) is 9.61. The Kier molecular flexibility index (Phi) is 4.64. The van der Waals surface area contributed by atoms with Crippen molar-refractivity contribution in [3.05, 3.63) is 68.8 Å². The molecule has 1 heterocycles. The molecular formula is C19H17N3O5. The topological polar surface area (TPSA) is 102 Å². The van der Waals surface area contributed by atoms with E-state index in [0.29, 0.717) is 11.3 Å². The van der Waals surface area contributed by atoms with Crippen molar-refractivity contribution in [1.29, 1.82) is 0 Å². The van der Waals surface area contributed by atoms with E-state index in [9.17, 15) is 19.7 Å². The highest BCUT2D eigenvalue weighted by molar-refractivity contribution is 6.31. The highest BCUT2D eigenvalue weighted by Crippen LogP contribution is 2.29. The van der Waals surface area contributed by atoms with Gasteiger partial charge in [-0.2, -0.15) is 0 Å². The van der Waals surface area contributed by atoms with E-state index in [1.54, 1.807) is 12.1 Å². The highest BCUT2D eigenvalue weighted by atomic mass is 16.6. The molecular weight excluding hydrogens is 350 g/mol. The van der Waals surface area contributed by atoms with E-state index in [-0.39, 0.29) is 17.0 Å². The van der Waals surface area contributed by atoms with Gasteiger partial charge in [0.2, 0.25) is 0 Å². The van der Waals surface area contributed by atoms with Crippen LogP contribution in [0.5, 0.6) is 5.75 Å². The number of nitro benzene ring substituents is 1. The average Bonchev–Trinajstić information content (AvgIpc) is 2.92. The number of nitro groups is 1. The van der Waals surface area contributed by atoms with Crippen LogP contribution in [0.1, 0.15) is 16.7 Å². The molecule has 1 saturated heterocycles. The first-order chi connectivity index (χ1) is 12.8. The molecule has 2 aromatic carbocycles. The van der Waals surface area contributed by atoms with Gasteiger partial charge in [-0.1, -0.05) is 12.1 Å². The molecule has 0 atom stereocenters. The Hall–Kier alpha value is -3.68. The molecule has 27 heavy (non-hydrogen) atoms. The molecule has 1 fully saturated rings. The Bertz CT molecular complexity index is 997. The molecule has 0 radical (unpaired) electrons. The first kappa shape index (κ1) is 18.1. The number of nitrogens with zero attached hydrogens (tertiary/aromatic N) is 2. The number of hydrogen-bond donors (Lipinski definition) is 1. The van der Waals surface area contributed by atoms with Gasteiger partial charge in [0.1, 0.15) is 5.57 Å². The van der Waals surface area contributed by atoms with Crippen LogP contribution < -0.4 is 15.2 Å². The zero-order chi connectivity index (χ0) is 19.7. The van der Waals surface area contributed by atoms with E-state index in [2.05, 4.69) is 5.43 Å². The van der Waals surface area contributed by atoms with Crippen LogP contribution in [0, 0.1) is 24.0 Å². The SMILES string of the molecule is COc1ccc(/C=C2\C(=O)NN(c3ccc(C)c(C)c3)C2=O)cc1[N+](=O)[O-]. The zero-order valence-corrected chi connectivity index (χ0v) is 15.0. The normalized spacial score (nSPS) is 15.2. The van der Waals surface area contributed by atoms with Crippen LogP contribution in [0.3, 0.4) is 0 Å². The zero-order valence-electron chi connectivity index (χ0n) is 15.0. The van der Waals surface area contributed by atoms with Gasteiger partial charge in [-0.05, 0) is 54.8 Å². The maximum atomic E-state index is 12.7. The number of amides is 2. The lowest BCUT2D eigenvalue weighted by Gasteiger charge is -2.15. The van der Waals surface area contributed by atoms with Gasteiger partial charge in [0.15, 0.2) is 5.75 Å². The number of methoxy groups -OCH3 is 1. The van der Waals surface area contributed by atoms with E-state index >= 15 is 0 Å². The lowest BCUT2D eigenvalue weighted by Crippen LogP contribution is -2.35. The third-order valence-electron chi connectivity index (χ3n) is 4.35. The molecule has 138 valence electrons. The summed E-state index contributed by atoms with van der Waals surface area (Å²) in [6.07, 6.45) is 1.32. The van der Waals surface area contributed by atoms with E-state index in [0.717, 1.165) is 11.1 Å². The molecule has 0 spiro atoms. The van der Waals surface area contributed by atoms with Crippen molar-refractivity contribution in [2.75, 3.05) is 12.1 Å². The predicted octanol–water partition coefficient (Wildman–Crippen LogP) is 2.68. The first-order valence-electron chi connectivity index (χ1n) is 8.08. The number of anilines is 1. The lowest BCUT2D eigenvalue weighted by molar-refractivity contribution is -0.385. The van der Waals surface area contributed by atoms with Gasteiger partial charge < -0.3 is 4.74 Å². The summed E-state index contributed by atoms with van der Waals surface area (Å²) in [5.74, 6) is -1.00. The molecule has 0 saturated carbocycles. The van der Waals surface area contributed by atoms with Gasteiger partial charge in [-0.25, -0.2) is 5.01 Å². The first-order valence-corrected chi connectivity index (χ1v) is 8.08. The monoisotopic (exact) mass is 367 g/mol. The predicted molar refractivity (Wildman–Crippen MR) is 99.2 cm³/mol. The van der Waals surface area contributed by atoms with Gasteiger partial charge in [-0.15, -0.1) is 0 Å². The fourth-order valence-electron chi connectivity index (χ4n) is 2.71. The van der Waals surface area contributed by atoms with Crippen LogP contribution in [0.2, 0.25) is 0 Å². The van der Waals surface area contributed by atoms with Crippen molar-refractivity contribution in [1.82, 2.24) is 5.43 Å². The fourth-order valence-corrected chi connectivity index (χ4v) is 2.71. The molecule has 3 rings (SSSR count). The lowest BCUT2D eigenvalue weighted by atomic mass is 10.1. The number of rotatable bonds is 4. The summed E-state index contributed by atoms with van der Waals surface area (Å²) in [5, 5.41) is 12.3. The van der Waals surface area contributed by atoms with Gasteiger partial charge in [0.05, 0.1) is 17.7 Å². The molecule has 8 heteroatoms. The maximum Gasteiger partial charge on any atom is 0.311 e. The van der Waals surface area contributed by atoms with Crippen LogP contribution in [0.25, 0.3) is 6.08 Å². The van der Waals surface area contributed by atoms with Crippen LogP contribution >= 0.6 is 0 Å². The summed E-state index contributed by atoms with van der Waals surface area (Å²) >= 11 is 0. The van der Waals surface area contributed by atoms with Crippen molar-refractivity contribution in [3.8, 4) is 5.75 Å². The summed E-state index contributed by atoms with van der Waals surface area (Å²) < 4.78 is 4.95. The van der Waals surface area contributed by atoms with Crippen LogP contribution in [0.15, 0.2) is 42.0 Å². The minimum atomic E-state index is -0.585. The van der Waals surface area contributed by atoms with E-state index in [1.165, 1.54) is 36.4 Å². The summed E-state index contributed by atoms with van der Waals surface area (Å²) in [4.78, 5) is 35.5. The van der Waals surface area contributed by atoms with Crippen LogP contribution in [-0.4, -0.2) is 23.8 Å². The minimum absolute atomic E-state index is 0.0982. The highest BCUT2D eigenvalue weighted by Gasteiger charge is 2.34. The second kappa shape index (κ2) is 6.91. The van der Waals surface area contributed by atoms with Gasteiger partial charge in [0.25, 0.3) is 11.8 Å². The Balaban J connectivity index is 1.96. The number of carbonyl (C=O) groups is 2. The number of aryl methyl sites for hydroxylation is 2. The van der Waals surface area contributed by atoms with Crippen molar-refractivity contribution in [3.63, 3.8) is 0 Å². The molecule has 0 aromatic heterocycles. The Morgan fingerprint density at radius 3 is 2.48 bits per heavy atom. The summed E-state index contributed by atoms with van der Waals surface area (Å²) in [6.45, 7) is 3.86. The molecule has 0 aliphatic carbocycles. The largest absolute Gasteiger partial charge is 0.490 e. The van der Waals surface area contributed by atoms with E-state index in [1.807, 2.05) is 19.9 Å². The summed E-state index contributed by atoms with van der Waals surface area (Å²) in [5.41, 5.74) is 5.11. The van der Waals surface area contributed by atoms with Crippen molar-refractivity contribution >= 4 is 29.3 Å². The maximum absolute atomic E-state index is 12.7. The minimum Gasteiger partial charge on any atom is -0.490 e. The van der Waals surface area contributed by atoms with Gasteiger partial charge >= 0.3 is 5.69 Å². The molecule has 1 N–H and O–H groups in total. The second-order valence-corrected chi connectivity index (χ2v) is 6.10. The van der Waals surface area contributed by atoms with Crippen LogP contribution in [0.4, 0.5) is 11.4 Å². The van der Waals surface area contributed by atoms with Crippen molar-refractivity contribution < 1.29 is 19.2 Å². The van der Waals surface area contributed by atoms with Gasteiger partial charge in [0, 0.05) is 6.07 Å².